The summed E-state index contributed by atoms with van der Waals surface area (Å²) in [6.45, 7) is 9.20. The maximum Gasteiger partial charge on any atom is 0.0589 e. The Morgan fingerprint density at radius 1 is 1.31 bits per heavy atom. The van der Waals surface area contributed by atoms with Gasteiger partial charge in [-0.2, -0.15) is 0 Å². The summed E-state index contributed by atoms with van der Waals surface area (Å²) >= 11 is 0. The quantitative estimate of drug-likeness (QED) is 0.668. The zero-order valence-corrected chi connectivity index (χ0v) is 9.31. The predicted molar refractivity (Wildman–Crippen MR) is 55.9 cm³/mol. The van der Waals surface area contributed by atoms with E-state index in [2.05, 4.69) is 18.7 Å². The van der Waals surface area contributed by atoms with Gasteiger partial charge in [-0.3, -0.25) is 0 Å². The van der Waals surface area contributed by atoms with E-state index in [-0.39, 0.29) is 0 Å². The second-order valence-corrected chi connectivity index (χ2v) is 4.89. The lowest BCUT2D eigenvalue weighted by Gasteiger charge is -2.29. The highest BCUT2D eigenvalue weighted by Gasteiger charge is 2.23. The maximum absolute atomic E-state index is 5.11. The van der Waals surface area contributed by atoms with Crippen LogP contribution in [0.4, 0.5) is 0 Å². The molecule has 0 N–H and O–H groups in total. The van der Waals surface area contributed by atoms with Gasteiger partial charge in [0.15, 0.2) is 0 Å². The number of nitrogens with zero attached hydrogens (tertiary/aromatic N) is 1. The molecule has 1 rings (SSSR count). The minimum atomic E-state index is 0.504. The number of hydrogen-bond donors (Lipinski definition) is 0. The molecule has 78 valence electrons. The summed E-state index contributed by atoms with van der Waals surface area (Å²) in [7, 11) is 1.78. The minimum Gasteiger partial charge on any atom is -0.383 e. The molecule has 1 heterocycles. The topological polar surface area (TPSA) is 12.5 Å². The first-order valence-electron chi connectivity index (χ1n) is 5.35. The number of ether oxygens (including phenoxy) is 1. The van der Waals surface area contributed by atoms with Crippen LogP contribution in [0.2, 0.25) is 0 Å². The third kappa shape index (κ3) is 4.10. The average molecular weight is 185 g/mol. The Hall–Kier alpha value is -0.0800. The molecule has 2 heteroatoms. The van der Waals surface area contributed by atoms with Crippen LogP contribution in [0.15, 0.2) is 0 Å². The van der Waals surface area contributed by atoms with Gasteiger partial charge in [0.1, 0.15) is 0 Å². The first-order chi connectivity index (χ1) is 6.14. The number of methoxy groups -OCH3 is 1. The van der Waals surface area contributed by atoms with Crippen LogP contribution < -0.4 is 0 Å². The summed E-state index contributed by atoms with van der Waals surface area (Å²) in [6, 6.07) is 0. The second-order valence-electron chi connectivity index (χ2n) is 4.89. The third-order valence-corrected chi connectivity index (χ3v) is 2.84. The summed E-state index contributed by atoms with van der Waals surface area (Å²) in [4.78, 5) is 2.54. The zero-order chi connectivity index (χ0) is 9.73. The Morgan fingerprint density at radius 2 is 2.08 bits per heavy atom. The Balaban J connectivity index is 2.36. The van der Waals surface area contributed by atoms with Crippen molar-refractivity contribution < 1.29 is 4.74 Å². The first-order valence-corrected chi connectivity index (χ1v) is 5.35. The van der Waals surface area contributed by atoms with Gasteiger partial charge in [-0.05, 0) is 24.8 Å². The van der Waals surface area contributed by atoms with Gasteiger partial charge in [0.2, 0.25) is 0 Å². The van der Waals surface area contributed by atoms with Gasteiger partial charge < -0.3 is 9.64 Å². The van der Waals surface area contributed by atoms with Crippen molar-refractivity contribution in [2.75, 3.05) is 33.4 Å². The molecule has 0 radical (unpaired) electrons. The van der Waals surface area contributed by atoms with Crippen molar-refractivity contribution in [2.45, 2.75) is 33.1 Å². The van der Waals surface area contributed by atoms with Crippen LogP contribution in [-0.2, 0) is 4.74 Å². The molecule has 0 aromatic carbocycles. The van der Waals surface area contributed by atoms with E-state index in [1.165, 1.54) is 32.4 Å². The van der Waals surface area contributed by atoms with Crippen LogP contribution in [0.3, 0.4) is 0 Å². The normalized spacial score (nSPS) is 24.2. The lowest BCUT2D eigenvalue weighted by molar-refractivity contribution is 0.127. The molecule has 1 fully saturated rings. The van der Waals surface area contributed by atoms with Crippen molar-refractivity contribution in [1.82, 2.24) is 4.90 Å². The third-order valence-electron chi connectivity index (χ3n) is 2.84. The van der Waals surface area contributed by atoms with Gasteiger partial charge in [-0.25, -0.2) is 0 Å². The SMILES string of the molecule is COCCN1CCCCC(C)(C)C1. The van der Waals surface area contributed by atoms with Crippen molar-refractivity contribution in [3.05, 3.63) is 0 Å². The van der Waals surface area contributed by atoms with Gasteiger partial charge in [0.25, 0.3) is 0 Å². The average Bonchev–Trinajstić information content (AvgIpc) is 2.22. The van der Waals surface area contributed by atoms with Crippen LogP contribution >= 0.6 is 0 Å². The molecule has 1 saturated heterocycles. The van der Waals surface area contributed by atoms with Gasteiger partial charge in [0.05, 0.1) is 6.61 Å². The Labute approximate surface area is 82.3 Å². The van der Waals surface area contributed by atoms with E-state index >= 15 is 0 Å². The molecular formula is C11H23NO. The lowest BCUT2D eigenvalue weighted by atomic mass is 9.88. The van der Waals surface area contributed by atoms with Gasteiger partial charge in [-0.1, -0.05) is 20.3 Å². The van der Waals surface area contributed by atoms with Gasteiger partial charge in [-0.15, -0.1) is 0 Å². The fourth-order valence-corrected chi connectivity index (χ4v) is 2.11. The van der Waals surface area contributed by atoms with E-state index in [0.29, 0.717) is 5.41 Å². The molecule has 0 saturated carbocycles. The minimum absolute atomic E-state index is 0.504. The standard InChI is InChI=1S/C11H23NO/c1-11(2)6-4-5-7-12(10-11)8-9-13-3/h4-10H2,1-3H3. The predicted octanol–water partition coefficient (Wildman–Crippen LogP) is 2.14. The Morgan fingerprint density at radius 3 is 2.77 bits per heavy atom. The monoisotopic (exact) mass is 185 g/mol. The molecule has 0 bridgehead atoms. The zero-order valence-electron chi connectivity index (χ0n) is 9.31. The van der Waals surface area contributed by atoms with Gasteiger partial charge in [0, 0.05) is 20.2 Å². The Bertz CT molecular complexity index is 145. The molecule has 0 spiro atoms. The van der Waals surface area contributed by atoms with E-state index in [4.69, 9.17) is 4.74 Å². The van der Waals surface area contributed by atoms with E-state index < -0.39 is 0 Å². The van der Waals surface area contributed by atoms with Crippen molar-refractivity contribution in [3.8, 4) is 0 Å². The number of rotatable bonds is 3. The summed E-state index contributed by atoms with van der Waals surface area (Å²) < 4.78 is 5.11. The lowest BCUT2D eigenvalue weighted by Crippen LogP contribution is -2.34. The molecule has 2 nitrogen and oxygen atoms in total. The fraction of sp³-hybridized carbons (Fsp3) is 1.00. The molecule has 0 atom stereocenters. The number of hydrogen-bond acceptors (Lipinski definition) is 2. The van der Waals surface area contributed by atoms with E-state index in [1.807, 2.05) is 0 Å². The van der Waals surface area contributed by atoms with E-state index in [1.54, 1.807) is 7.11 Å². The van der Waals surface area contributed by atoms with Crippen LogP contribution in [-0.4, -0.2) is 38.3 Å². The molecule has 13 heavy (non-hydrogen) atoms. The van der Waals surface area contributed by atoms with Crippen molar-refractivity contribution >= 4 is 0 Å². The molecule has 0 aromatic heterocycles. The van der Waals surface area contributed by atoms with Crippen molar-refractivity contribution in [1.29, 1.82) is 0 Å². The molecule has 0 aromatic rings. The molecule has 1 aliphatic rings. The molecule has 1 aliphatic heterocycles. The maximum atomic E-state index is 5.11. The highest BCUT2D eigenvalue weighted by atomic mass is 16.5. The summed E-state index contributed by atoms with van der Waals surface area (Å²) in [5, 5.41) is 0. The van der Waals surface area contributed by atoms with Crippen molar-refractivity contribution in [2.24, 2.45) is 5.41 Å². The highest BCUT2D eigenvalue weighted by molar-refractivity contribution is 4.77. The Kier molecular flexibility index (Phi) is 4.20. The van der Waals surface area contributed by atoms with E-state index in [9.17, 15) is 0 Å². The fourth-order valence-electron chi connectivity index (χ4n) is 2.11. The van der Waals surface area contributed by atoms with Crippen LogP contribution in [0.5, 0.6) is 0 Å². The van der Waals surface area contributed by atoms with Crippen LogP contribution in [0.25, 0.3) is 0 Å². The summed E-state index contributed by atoms with van der Waals surface area (Å²) in [5.74, 6) is 0. The molecule has 0 unspecified atom stereocenters. The molecule has 0 aliphatic carbocycles. The highest BCUT2D eigenvalue weighted by Crippen LogP contribution is 2.27. The first kappa shape index (κ1) is 11.0. The second kappa shape index (κ2) is 4.97. The largest absolute Gasteiger partial charge is 0.383 e. The van der Waals surface area contributed by atoms with E-state index in [0.717, 1.165) is 13.2 Å². The molecule has 0 amide bonds. The summed E-state index contributed by atoms with van der Waals surface area (Å²) in [5.41, 5.74) is 0.504. The number of likely N-dealkylation sites (tertiary alicyclic amines) is 1. The molecular weight excluding hydrogens is 162 g/mol. The van der Waals surface area contributed by atoms with Gasteiger partial charge >= 0.3 is 0 Å². The van der Waals surface area contributed by atoms with Crippen LogP contribution in [0.1, 0.15) is 33.1 Å². The van der Waals surface area contributed by atoms with Crippen LogP contribution in [0, 0.1) is 5.41 Å². The van der Waals surface area contributed by atoms with Crippen molar-refractivity contribution in [3.63, 3.8) is 0 Å². The smallest absolute Gasteiger partial charge is 0.0589 e. The summed E-state index contributed by atoms with van der Waals surface area (Å²) in [6.07, 6.45) is 4.11.